The van der Waals surface area contributed by atoms with Gasteiger partial charge in [0.2, 0.25) is 0 Å². The minimum absolute atomic E-state index is 0.0706. The number of aliphatic hydroxyl groups is 1. The van der Waals surface area contributed by atoms with E-state index >= 15 is 0 Å². The maximum Gasteiger partial charge on any atom is 0.315 e. The molecule has 0 heterocycles. The molecule has 20 heavy (non-hydrogen) atoms. The van der Waals surface area contributed by atoms with Crippen LogP contribution in [-0.2, 0) is 6.42 Å². The van der Waals surface area contributed by atoms with E-state index in [4.69, 9.17) is 5.11 Å². The van der Waals surface area contributed by atoms with Gasteiger partial charge in [0.15, 0.2) is 0 Å². The van der Waals surface area contributed by atoms with Crippen molar-refractivity contribution in [1.29, 1.82) is 0 Å². The Balaban J connectivity index is 2.32. The van der Waals surface area contributed by atoms with Gasteiger partial charge in [0, 0.05) is 23.2 Å². The van der Waals surface area contributed by atoms with Crippen molar-refractivity contribution in [3.8, 4) is 0 Å². The highest BCUT2D eigenvalue weighted by Crippen LogP contribution is 2.11. The van der Waals surface area contributed by atoms with Gasteiger partial charge in [0.1, 0.15) is 0 Å². The lowest BCUT2D eigenvalue weighted by Crippen LogP contribution is -2.45. The SMILES string of the molecule is C[C@H](Cc1ccc(Br)cc1)NC(=O)N[C@@H](C)CCCO. The van der Waals surface area contributed by atoms with Crippen molar-refractivity contribution in [3.05, 3.63) is 34.3 Å². The van der Waals surface area contributed by atoms with Gasteiger partial charge < -0.3 is 15.7 Å². The van der Waals surface area contributed by atoms with E-state index in [-0.39, 0.29) is 24.7 Å². The quantitative estimate of drug-likeness (QED) is 0.713. The summed E-state index contributed by atoms with van der Waals surface area (Å²) >= 11 is 3.40. The normalized spacial score (nSPS) is 13.6. The number of halogens is 1. The number of urea groups is 1. The van der Waals surface area contributed by atoms with Crippen LogP contribution >= 0.6 is 15.9 Å². The van der Waals surface area contributed by atoms with Crippen LogP contribution in [-0.4, -0.2) is 29.8 Å². The molecule has 2 amide bonds. The monoisotopic (exact) mass is 342 g/mol. The van der Waals surface area contributed by atoms with E-state index in [0.717, 1.165) is 17.3 Å². The molecule has 0 spiro atoms. The predicted molar refractivity (Wildman–Crippen MR) is 84.8 cm³/mol. The fourth-order valence-corrected chi connectivity index (χ4v) is 2.25. The number of carbonyl (C=O) groups excluding carboxylic acids is 1. The van der Waals surface area contributed by atoms with E-state index in [2.05, 4.69) is 26.6 Å². The average molecular weight is 343 g/mol. The summed E-state index contributed by atoms with van der Waals surface area (Å²) < 4.78 is 1.05. The summed E-state index contributed by atoms with van der Waals surface area (Å²) in [4.78, 5) is 11.8. The smallest absolute Gasteiger partial charge is 0.315 e. The minimum atomic E-state index is -0.153. The van der Waals surface area contributed by atoms with Gasteiger partial charge in [-0.2, -0.15) is 0 Å². The minimum Gasteiger partial charge on any atom is -0.396 e. The van der Waals surface area contributed by atoms with Crippen molar-refractivity contribution < 1.29 is 9.90 Å². The van der Waals surface area contributed by atoms with E-state index in [1.807, 2.05) is 38.1 Å². The van der Waals surface area contributed by atoms with Crippen molar-refractivity contribution in [3.63, 3.8) is 0 Å². The summed E-state index contributed by atoms with van der Waals surface area (Å²) in [6, 6.07) is 8.08. The third-order valence-electron chi connectivity index (χ3n) is 3.01. The van der Waals surface area contributed by atoms with Crippen LogP contribution in [0.15, 0.2) is 28.7 Å². The number of amides is 2. The average Bonchev–Trinajstić information content (AvgIpc) is 2.38. The Morgan fingerprint density at radius 3 is 2.40 bits per heavy atom. The highest BCUT2D eigenvalue weighted by atomic mass is 79.9. The van der Waals surface area contributed by atoms with Crippen LogP contribution < -0.4 is 10.6 Å². The first-order valence-corrected chi connectivity index (χ1v) is 7.73. The molecule has 112 valence electrons. The molecular weight excluding hydrogens is 320 g/mol. The van der Waals surface area contributed by atoms with Crippen molar-refractivity contribution in [2.24, 2.45) is 0 Å². The van der Waals surface area contributed by atoms with Crippen LogP contribution in [0.4, 0.5) is 4.79 Å². The Morgan fingerprint density at radius 1 is 1.20 bits per heavy atom. The molecule has 5 heteroatoms. The van der Waals surface area contributed by atoms with Crippen molar-refractivity contribution in [2.45, 2.75) is 45.2 Å². The molecule has 0 aliphatic rings. The third kappa shape index (κ3) is 6.91. The number of benzene rings is 1. The zero-order valence-electron chi connectivity index (χ0n) is 12.0. The fraction of sp³-hybridized carbons (Fsp3) is 0.533. The van der Waals surface area contributed by atoms with Gasteiger partial charge in [-0.05, 0) is 50.8 Å². The Labute approximate surface area is 129 Å². The molecule has 0 aromatic heterocycles. The van der Waals surface area contributed by atoms with Crippen molar-refractivity contribution in [1.82, 2.24) is 10.6 Å². The highest BCUT2D eigenvalue weighted by Gasteiger charge is 2.10. The second-order valence-corrected chi connectivity index (χ2v) is 6.03. The van der Waals surface area contributed by atoms with Gasteiger partial charge in [-0.3, -0.25) is 0 Å². The van der Waals surface area contributed by atoms with Crippen LogP contribution in [0, 0.1) is 0 Å². The van der Waals surface area contributed by atoms with Crippen LogP contribution in [0.2, 0.25) is 0 Å². The van der Waals surface area contributed by atoms with E-state index < -0.39 is 0 Å². The summed E-state index contributed by atoms with van der Waals surface area (Å²) in [7, 11) is 0. The summed E-state index contributed by atoms with van der Waals surface area (Å²) in [6.45, 7) is 4.09. The summed E-state index contributed by atoms with van der Waals surface area (Å²) in [6.07, 6.45) is 2.28. The van der Waals surface area contributed by atoms with E-state index in [1.165, 1.54) is 5.56 Å². The van der Waals surface area contributed by atoms with Crippen molar-refractivity contribution in [2.75, 3.05) is 6.61 Å². The third-order valence-corrected chi connectivity index (χ3v) is 3.53. The number of aliphatic hydroxyl groups excluding tert-OH is 1. The van der Waals surface area contributed by atoms with Crippen LogP contribution in [0.5, 0.6) is 0 Å². The maximum absolute atomic E-state index is 11.8. The number of hydrogen-bond acceptors (Lipinski definition) is 2. The topological polar surface area (TPSA) is 61.4 Å². The lowest BCUT2D eigenvalue weighted by Gasteiger charge is -2.18. The first-order chi connectivity index (χ1) is 9.51. The largest absolute Gasteiger partial charge is 0.396 e. The molecule has 1 aromatic rings. The first kappa shape index (κ1) is 17.0. The Hall–Kier alpha value is -1.07. The van der Waals surface area contributed by atoms with Gasteiger partial charge in [-0.1, -0.05) is 28.1 Å². The molecule has 0 radical (unpaired) electrons. The molecule has 0 aliphatic heterocycles. The van der Waals surface area contributed by atoms with Crippen LogP contribution in [0.3, 0.4) is 0 Å². The molecule has 0 bridgehead atoms. The summed E-state index contributed by atoms with van der Waals surface area (Å²) in [5.41, 5.74) is 1.19. The molecule has 0 saturated carbocycles. The number of rotatable bonds is 7. The van der Waals surface area contributed by atoms with E-state index in [1.54, 1.807) is 0 Å². The molecule has 1 rings (SSSR count). The number of hydrogen-bond donors (Lipinski definition) is 3. The van der Waals surface area contributed by atoms with Gasteiger partial charge in [0.25, 0.3) is 0 Å². The van der Waals surface area contributed by atoms with Gasteiger partial charge >= 0.3 is 6.03 Å². The maximum atomic E-state index is 11.8. The Bertz CT molecular complexity index is 409. The van der Waals surface area contributed by atoms with Crippen LogP contribution in [0.1, 0.15) is 32.3 Å². The van der Waals surface area contributed by atoms with E-state index in [9.17, 15) is 4.79 Å². The molecular formula is C15H23BrN2O2. The van der Waals surface area contributed by atoms with Gasteiger partial charge in [0.05, 0.1) is 0 Å². The van der Waals surface area contributed by atoms with Crippen molar-refractivity contribution >= 4 is 22.0 Å². The fourth-order valence-electron chi connectivity index (χ4n) is 1.98. The molecule has 0 unspecified atom stereocenters. The second-order valence-electron chi connectivity index (χ2n) is 5.12. The highest BCUT2D eigenvalue weighted by molar-refractivity contribution is 9.10. The predicted octanol–water partition coefficient (Wildman–Crippen LogP) is 2.84. The number of nitrogens with one attached hydrogen (secondary N) is 2. The van der Waals surface area contributed by atoms with E-state index in [0.29, 0.717) is 6.42 Å². The first-order valence-electron chi connectivity index (χ1n) is 6.93. The molecule has 4 nitrogen and oxygen atoms in total. The second kappa shape index (κ2) is 8.97. The molecule has 0 fully saturated rings. The summed E-state index contributed by atoms with van der Waals surface area (Å²) in [5, 5.41) is 14.5. The van der Waals surface area contributed by atoms with Gasteiger partial charge in [-0.25, -0.2) is 4.79 Å². The van der Waals surface area contributed by atoms with Gasteiger partial charge in [-0.15, -0.1) is 0 Å². The molecule has 1 aromatic carbocycles. The molecule has 3 N–H and O–H groups in total. The lowest BCUT2D eigenvalue weighted by molar-refractivity contribution is 0.231. The number of carbonyl (C=O) groups is 1. The molecule has 0 saturated heterocycles. The summed E-state index contributed by atoms with van der Waals surface area (Å²) in [5.74, 6) is 0. The molecule has 0 aliphatic carbocycles. The Morgan fingerprint density at radius 2 is 1.80 bits per heavy atom. The standard InChI is InChI=1S/C15H23BrN2O2/c1-11(4-3-9-19)17-15(20)18-12(2)10-13-5-7-14(16)8-6-13/h5-8,11-12,19H,3-4,9-10H2,1-2H3,(H2,17,18,20)/t11-,12+/m0/s1. The zero-order chi connectivity index (χ0) is 15.0. The van der Waals surface area contributed by atoms with Crippen LogP contribution in [0.25, 0.3) is 0 Å². The lowest BCUT2D eigenvalue weighted by atomic mass is 10.1. The zero-order valence-corrected chi connectivity index (χ0v) is 13.6. The Kier molecular flexibility index (Phi) is 7.62. The molecule has 2 atom stereocenters.